The lowest BCUT2D eigenvalue weighted by Gasteiger charge is -2.33. The Morgan fingerprint density at radius 1 is 1.28 bits per heavy atom. The maximum atomic E-state index is 12.6. The van der Waals surface area contributed by atoms with Gasteiger partial charge in [0, 0.05) is 11.1 Å². The van der Waals surface area contributed by atoms with Crippen LogP contribution in [-0.2, 0) is 4.79 Å². The summed E-state index contributed by atoms with van der Waals surface area (Å²) in [4.78, 5) is 14.3. The first-order chi connectivity index (χ1) is 12.0. The number of hydrogen-bond donors (Lipinski definition) is 1. The number of halogens is 1. The van der Waals surface area contributed by atoms with E-state index in [9.17, 15) is 4.79 Å². The van der Waals surface area contributed by atoms with Gasteiger partial charge in [0.25, 0.3) is 5.91 Å². The molecule has 2 N–H and O–H groups in total. The minimum absolute atomic E-state index is 0.0889. The summed E-state index contributed by atoms with van der Waals surface area (Å²) in [5.74, 6) is 1.31. The molecule has 1 aliphatic heterocycles. The molecule has 0 aliphatic carbocycles. The average Bonchev–Trinajstić information content (AvgIpc) is 2.59. The molecule has 25 heavy (non-hydrogen) atoms. The monoisotopic (exact) mass is 360 g/mol. The van der Waals surface area contributed by atoms with E-state index in [2.05, 4.69) is 0 Å². The van der Waals surface area contributed by atoms with Gasteiger partial charge in [0.2, 0.25) is 0 Å². The minimum Gasteiger partial charge on any atom is -0.492 e. The summed E-state index contributed by atoms with van der Waals surface area (Å²) in [7, 11) is 0. The maximum Gasteiger partial charge on any atom is 0.267 e. The van der Waals surface area contributed by atoms with Crippen molar-refractivity contribution in [1.82, 2.24) is 0 Å². The van der Waals surface area contributed by atoms with Gasteiger partial charge in [0.1, 0.15) is 18.1 Å². The fourth-order valence-corrected chi connectivity index (χ4v) is 2.85. The van der Waals surface area contributed by atoms with Crippen LogP contribution in [0.3, 0.4) is 0 Å². The molecule has 0 fully saturated rings. The second-order valence-electron chi connectivity index (χ2n) is 6.07. The van der Waals surface area contributed by atoms with Crippen LogP contribution in [-0.4, -0.2) is 25.2 Å². The zero-order valence-electron chi connectivity index (χ0n) is 14.2. The first kappa shape index (κ1) is 17.6. The average molecular weight is 361 g/mol. The van der Waals surface area contributed by atoms with E-state index in [-0.39, 0.29) is 11.9 Å². The molecule has 2 aromatic carbocycles. The van der Waals surface area contributed by atoms with Crippen LogP contribution in [0.15, 0.2) is 42.5 Å². The maximum absolute atomic E-state index is 12.6. The molecule has 0 saturated heterocycles. The number of carbonyl (C=O) groups is 1. The van der Waals surface area contributed by atoms with Gasteiger partial charge in [-0.2, -0.15) is 0 Å². The molecule has 0 spiro atoms. The zero-order chi connectivity index (χ0) is 18.0. The number of benzene rings is 2. The Labute approximate surface area is 152 Å². The van der Waals surface area contributed by atoms with E-state index in [4.69, 9.17) is 26.8 Å². The molecule has 5 nitrogen and oxygen atoms in total. The number of ether oxygens (including phenoxy) is 2. The number of carbonyl (C=O) groups excluding carboxylic acids is 1. The van der Waals surface area contributed by atoms with Crippen molar-refractivity contribution in [3.8, 4) is 11.5 Å². The predicted molar refractivity (Wildman–Crippen MR) is 98.4 cm³/mol. The Morgan fingerprint density at radius 3 is 2.68 bits per heavy atom. The van der Waals surface area contributed by atoms with E-state index in [1.807, 2.05) is 25.1 Å². The van der Waals surface area contributed by atoms with Gasteiger partial charge in [-0.25, -0.2) is 0 Å². The van der Waals surface area contributed by atoms with Crippen molar-refractivity contribution in [2.45, 2.75) is 26.0 Å². The molecule has 1 heterocycles. The van der Waals surface area contributed by atoms with E-state index in [1.54, 1.807) is 36.1 Å². The van der Waals surface area contributed by atoms with Crippen LogP contribution in [0.5, 0.6) is 11.5 Å². The Hall–Kier alpha value is -2.24. The third kappa shape index (κ3) is 3.89. The largest absolute Gasteiger partial charge is 0.492 e. The molecule has 2 atom stereocenters. The third-order valence-electron chi connectivity index (χ3n) is 4.11. The molecule has 132 valence electrons. The van der Waals surface area contributed by atoms with E-state index < -0.39 is 6.10 Å². The Kier molecular flexibility index (Phi) is 5.16. The van der Waals surface area contributed by atoms with Gasteiger partial charge < -0.3 is 20.1 Å². The molecule has 0 radical (unpaired) electrons. The number of anilines is 1. The van der Waals surface area contributed by atoms with Crippen LogP contribution >= 0.6 is 11.6 Å². The highest BCUT2D eigenvalue weighted by atomic mass is 35.5. The number of rotatable bonds is 5. The lowest BCUT2D eigenvalue weighted by atomic mass is 10.1. The topological polar surface area (TPSA) is 64.8 Å². The number of hydrogen-bond acceptors (Lipinski definition) is 4. The first-order valence-corrected chi connectivity index (χ1v) is 8.59. The standard InChI is InChI=1S/C19H21ClN2O3/c1-12(21)14-3-8-18-17(11-14)22(19(23)13(2)25-18)9-10-24-16-6-4-15(20)5-7-16/h3-8,11-13H,9-10,21H2,1-2H3. The van der Waals surface area contributed by atoms with Gasteiger partial charge in [0.05, 0.1) is 12.2 Å². The van der Waals surface area contributed by atoms with Gasteiger partial charge in [-0.15, -0.1) is 0 Å². The summed E-state index contributed by atoms with van der Waals surface area (Å²) < 4.78 is 11.4. The molecule has 2 aromatic rings. The summed E-state index contributed by atoms with van der Waals surface area (Å²) in [6.45, 7) is 4.44. The van der Waals surface area contributed by atoms with Crippen molar-refractivity contribution in [3.05, 3.63) is 53.1 Å². The van der Waals surface area contributed by atoms with Crippen molar-refractivity contribution >= 4 is 23.2 Å². The van der Waals surface area contributed by atoms with Gasteiger partial charge in [-0.3, -0.25) is 4.79 Å². The van der Waals surface area contributed by atoms with Crippen molar-refractivity contribution in [1.29, 1.82) is 0 Å². The molecule has 1 aliphatic rings. The highest BCUT2D eigenvalue weighted by Gasteiger charge is 2.31. The minimum atomic E-state index is -0.524. The molecular weight excluding hydrogens is 340 g/mol. The molecule has 0 bridgehead atoms. The summed E-state index contributed by atoms with van der Waals surface area (Å²) in [5, 5.41) is 0.655. The van der Waals surface area contributed by atoms with Gasteiger partial charge in [-0.05, 0) is 55.8 Å². The number of amides is 1. The predicted octanol–water partition coefficient (Wildman–Crippen LogP) is 3.55. The second kappa shape index (κ2) is 7.33. The van der Waals surface area contributed by atoms with Crippen molar-refractivity contribution in [2.75, 3.05) is 18.1 Å². The van der Waals surface area contributed by atoms with Crippen LogP contribution in [0.4, 0.5) is 5.69 Å². The SMILES string of the molecule is CC1Oc2ccc(C(C)N)cc2N(CCOc2ccc(Cl)cc2)C1=O. The molecule has 2 unspecified atom stereocenters. The van der Waals surface area contributed by atoms with Crippen LogP contribution in [0.1, 0.15) is 25.5 Å². The van der Waals surface area contributed by atoms with Gasteiger partial charge in [-0.1, -0.05) is 17.7 Å². The normalized spacial score (nSPS) is 17.7. The quantitative estimate of drug-likeness (QED) is 0.885. The van der Waals surface area contributed by atoms with Crippen LogP contribution in [0, 0.1) is 0 Å². The molecular formula is C19H21ClN2O3. The smallest absolute Gasteiger partial charge is 0.267 e. The zero-order valence-corrected chi connectivity index (χ0v) is 15.0. The van der Waals surface area contributed by atoms with Crippen LogP contribution in [0.25, 0.3) is 0 Å². The molecule has 6 heteroatoms. The van der Waals surface area contributed by atoms with Crippen molar-refractivity contribution in [3.63, 3.8) is 0 Å². The second-order valence-corrected chi connectivity index (χ2v) is 6.50. The van der Waals surface area contributed by atoms with E-state index in [0.717, 1.165) is 11.3 Å². The Bertz CT molecular complexity index is 762. The Morgan fingerprint density at radius 2 is 2.00 bits per heavy atom. The lowest BCUT2D eigenvalue weighted by molar-refractivity contribution is -0.125. The lowest BCUT2D eigenvalue weighted by Crippen LogP contribution is -2.46. The molecule has 1 amide bonds. The summed E-state index contributed by atoms with van der Waals surface area (Å²) in [6.07, 6.45) is -0.524. The van der Waals surface area contributed by atoms with Gasteiger partial charge in [0.15, 0.2) is 6.10 Å². The van der Waals surface area contributed by atoms with Crippen molar-refractivity contribution in [2.24, 2.45) is 5.73 Å². The van der Waals surface area contributed by atoms with Gasteiger partial charge >= 0.3 is 0 Å². The van der Waals surface area contributed by atoms with E-state index in [0.29, 0.717) is 29.7 Å². The molecule has 0 saturated carbocycles. The summed E-state index contributed by atoms with van der Waals surface area (Å²) >= 11 is 5.87. The number of nitrogens with two attached hydrogens (primary N) is 1. The van der Waals surface area contributed by atoms with Crippen LogP contribution < -0.4 is 20.1 Å². The van der Waals surface area contributed by atoms with Crippen molar-refractivity contribution < 1.29 is 14.3 Å². The Balaban J connectivity index is 1.76. The fourth-order valence-electron chi connectivity index (χ4n) is 2.72. The van der Waals surface area contributed by atoms with E-state index >= 15 is 0 Å². The highest BCUT2D eigenvalue weighted by Crippen LogP contribution is 2.35. The van der Waals surface area contributed by atoms with Crippen LogP contribution in [0.2, 0.25) is 5.02 Å². The molecule has 0 aromatic heterocycles. The number of fused-ring (bicyclic) bond motifs is 1. The first-order valence-electron chi connectivity index (χ1n) is 8.21. The van der Waals surface area contributed by atoms with E-state index in [1.165, 1.54) is 0 Å². The number of nitrogens with zero attached hydrogens (tertiary/aromatic N) is 1. The fraction of sp³-hybridized carbons (Fsp3) is 0.316. The molecule has 3 rings (SSSR count). The highest BCUT2D eigenvalue weighted by molar-refractivity contribution is 6.30. The third-order valence-corrected chi connectivity index (χ3v) is 4.37. The summed E-state index contributed by atoms with van der Waals surface area (Å²) in [6, 6.07) is 12.7. The summed E-state index contributed by atoms with van der Waals surface area (Å²) in [5.41, 5.74) is 7.65.